The molecule has 1 aliphatic heterocycles. The van der Waals surface area contributed by atoms with Gasteiger partial charge in [0.25, 0.3) is 0 Å². The van der Waals surface area contributed by atoms with E-state index in [0.29, 0.717) is 12.0 Å². The van der Waals surface area contributed by atoms with Gasteiger partial charge in [-0.3, -0.25) is 4.98 Å². The Bertz CT molecular complexity index is 544. The van der Waals surface area contributed by atoms with Gasteiger partial charge in [-0.25, -0.2) is 0 Å². The lowest BCUT2D eigenvalue weighted by molar-refractivity contribution is 0.0543. The van der Waals surface area contributed by atoms with Crippen molar-refractivity contribution in [2.24, 2.45) is 5.92 Å². The molecule has 1 atom stereocenters. The predicted molar refractivity (Wildman–Crippen MR) is 77.1 cm³/mol. The molecule has 2 aromatic rings. The van der Waals surface area contributed by atoms with Gasteiger partial charge in [0, 0.05) is 24.8 Å². The summed E-state index contributed by atoms with van der Waals surface area (Å²) in [6.07, 6.45) is 4.13. The molecular formula is C16H20N2O. The van der Waals surface area contributed by atoms with E-state index in [9.17, 15) is 0 Å². The number of hydrogen-bond acceptors (Lipinski definition) is 3. The molecule has 1 aromatic carbocycles. The van der Waals surface area contributed by atoms with E-state index < -0.39 is 0 Å². The number of ether oxygens (including phenoxy) is 1. The van der Waals surface area contributed by atoms with Crippen molar-refractivity contribution in [3.8, 4) is 0 Å². The number of aromatic nitrogens is 1. The van der Waals surface area contributed by atoms with Crippen LogP contribution in [0.4, 0.5) is 0 Å². The second-order valence-corrected chi connectivity index (χ2v) is 5.13. The summed E-state index contributed by atoms with van der Waals surface area (Å²) < 4.78 is 5.47. The van der Waals surface area contributed by atoms with E-state index >= 15 is 0 Å². The van der Waals surface area contributed by atoms with Crippen molar-refractivity contribution in [1.29, 1.82) is 0 Å². The van der Waals surface area contributed by atoms with E-state index in [1.807, 2.05) is 13.2 Å². The number of rotatable bonds is 3. The fraction of sp³-hybridized carbons (Fsp3) is 0.438. The van der Waals surface area contributed by atoms with Crippen LogP contribution in [0.5, 0.6) is 0 Å². The number of fused-ring (bicyclic) bond motifs is 1. The first kappa shape index (κ1) is 12.6. The molecule has 1 N–H and O–H groups in total. The molecule has 0 saturated carbocycles. The first-order valence-corrected chi connectivity index (χ1v) is 6.99. The van der Waals surface area contributed by atoms with Crippen molar-refractivity contribution < 1.29 is 4.74 Å². The Morgan fingerprint density at radius 2 is 2.00 bits per heavy atom. The first-order valence-electron chi connectivity index (χ1n) is 6.99. The molecule has 0 spiro atoms. The molecule has 19 heavy (non-hydrogen) atoms. The minimum absolute atomic E-state index is 0.315. The average Bonchev–Trinajstić information content (AvgIpc) is 2.49. The van der Waals surface area contributed by atoms with Crippen molar-refractivity contribution in [1.82, 2.24) is 10.3 Å². The van der Waals surface area contributed by atoms with E-state index in [0.717, 1.165) is 26.1 Å². The van der Waals surface area contributed by atoms with Gasteiger partial charge >= 0.3 is 0 Å². The molecule has 0 amide bonds. The molecule has 0 bridgehead atoms. The van der Waals surface area contributed by atoms with Gasteiger partial charge in [0.2, 0.25) is 0 Å². The lowest BCUT2D eigenvalue weighted by Crippen LogP contribution is -2.30. The van der Waals surface area contributed by atoms with Crippen LogP contribution in [0.3, 0.4) is 0 Å². The molecule has 2 heterocycles. The molecule has 100 valence electrons. The molecule has 1 fully saturated rings. The monoisotopic (exact) mass is 256 g/mol. The van der Waals surface area contributed by atoms with E-state index in [-0.39, 0.29) is 0 Å². The summed E-state index contributed by atoms with van der Waals surface area (Å²) in [4.78, 5) is 4.65. The summed E-state index contributed by atoms with van der Waals surface area (Å²) >= 11 is 0. The van der Waals surface area contributed by atoms with Gasteiger partial charge in [-0.1, -0.05) is 24.3 Å². The number of benzene rings is 1. The zero-order valence-corrected chi connectivity index (χ0v) is 11.3. The van der Waals surface area contributed by atoms with Gasteiger partial charge in [-0.05, 0) is 37.3 Å². The second kappa shape index (κ2) is 5.68. The molecule has 3 nitrogen and oxygen atoms in total. The third-order valence-corrected chi connectivity index (χ3v) is 4.05. The lowest BCUT2D eigenvalue weighted by atomic mass is 9.88. The van der Waals surface area contributed by atoms with Gasteiger partial charge in [0.15, 0.2) is 0 Å². The number of pyridine rings is 1. The van der Waals surface area contributed by atoms with Crippen molar-refractivity contribution in [2.45, 2.75) is 18.9 Å². The van der Waals surface area contributed by atoms with Crippen LogP contribution in [-0.2, 0) is 4.74 Å². The Morgan fingerprint density at radius 1 is 1.21 bits per heavy atom. The summed E-state index contributed by atoms with van der Waals surface area (Å²) in [5.74, 6) is 0.608. The molecule has 0 aliphatic carbocycles. The molecule has 1 aromatic heterocycles. The molecule has 1 unspecified atom stereocenters. The highest BCUT2D eigenvalue weighted by Crippen LogP contribution is 2.32. The summed E-state index contributed by atoms with van der Waals surface area (Å²) in [5.41, 5.74) is 1.17. The quantitative estimate of drug-likeness (QED) is 0.917. The Hall–Kier alpha value is -1.45. The first-order chi connectivity index (χ1) is 9.40. The second-order valence-electron chi connectivity index (χ2n) is 5.13. The molecule has 0 radical (unpaired) electrons. The molecular weight excluding hydrogens is 236 g/mol. The molecule has 1 aliphatic rings. The van der Waals surface area contributed by atoms with Gasteiger partial charge in [0.1, 0.15) is 0 Å². The Balaban J connectivity index is 2.00. The normalized spacial score (nSPS) is 18.6. The van der Waals surface area contributed by atoms with Crippen LogP contribution in [-0.4, -0.2) is 25.2 Å². The van der Waals surface area contributed by atoms with E-state index in [4.69, 9.17) is 4.74 Å². The minimum atomic E-state index is 0.315. The third kappa shape index (κ3) is 2.48. The summed E-state index contributed by atoms with van der Waals surface area (Å²) in [6.45, 7) is 1.74. The Morgan fingerprint density at radius 3 is 2.79 bits per heavy atom. The van der Waals surface area contributed by atoms with Gasteiger partial charge in [-0.15, -0.1) is 0 Å². The van der Waals surface area contributed by atoms with Gasteiger partial charge in [-0.2, -0.15) is 0 Å². The third-order valence-electron chi connectivity index (χ3n) is 4.05. The smallest absolute Gasteiger partial charge is 0.0654 e. The maximum Gasteiger partial charge on any atom is 0.0654 e. The number of hydrogen-bond donors (Lipinski definition) is 1. The van der Waals surface area contributed by atoms with Crippen molar-refractivity contribution >= 4 is 10.8 Å². The highest BCUT2D eigenvalue weighted by molar-refractivity contribution is 5.84. The average molecular weight is 256 g/mol. The summed E-state index contributed by atoms with van der Waals surface area (Å²) in [7, 11) is 2.03. The fourth-order valence-corrected chi connectivity index (χ4v) is 3.04. The Labute approximate surface area is 114 Å². The largest absolute Gasteiger partial charge is 0.381 e. The van der Waals surface area contributed by atoms with Crippen LogP contribution >= 0.6 is 0 Å². The van der Waals surface area contributed by atoms with E-state index in [1.54, 1.807) is 0 Å². The standard InChI is InChI=1S/C16H20N2O/c1-17-15(13-7-10-19-11-8-13)16-14-5-3-2-4-12(14)6-9-18-16/h2-6,9,13,15,17H,7-8,10-11H2,1H3. The summed E-state index contributed by atoms with van der Waals surface area (Å²) in [6, 6.07) is 10.9. The SMILES string of the molecule is CNC(c1nccc2ccccc12)C1CCOCC1. The number of nitrogens with one attached hydrogen (secondary N) is 1. The maximum atomic E-state index is 5.47. The maximum absolute atomic E-state index is 5.47. The van der Waals surface area contributed by atoms with Gasteiger partial charge in [0.05, 0.1) is 11.7 Å². The van der Waals surface area contributed by atoms with Crippen molar-refractivity contribution in [2.75, 3.05) is 20.3 Å². The van der Waals surface area contributed by atoms with Crippen LogP contribution in [0.2, 0.25) is 0 Å². The van der Waals surface area contributed by atoms with Crippen molar-refractivity contribution in [3.63, 3.8) is 0 Å². The molecule has 3 heteroatoms. The fourth-order valence-electron chi connectivity index (χ4n) is 3.04. The number of nitrogens with zero attached hydrogens (tertiary/aromatic N) is 1. The van der Waals surface area contributed by atoms with Crippen LogP contribution in [0.25, 0.3) is 10.8 Å². The van der Waals surface area contributed by atoms with E-state index in [2.05, 4.69) is 40.6 Å². The topological polar surface area (TPSA) is 34.2 Å². The van der Waals surface area contributed by atoms with Crippen molar-refractivity contribution in [3.05, 3.63) is 42.2 Å². The highest BCUT2D eigenvalue weighted by atomic mass is 16.5. The van der Waals surface area contributed by atoms with Crippen LogP contribution in [0, 0.1) is 5.92 Å². The van der Waals surface area contributed by atoms with Crippen LogP contribution in [0.1, 0.15) is 24.6 Å². The van der Waals surface area contributed by atoms with Crippen LogP contribution < -0.4 is 5.32 Å². The summed E-state index contributed by atoms with van der Waals surface area (Å²) in [5, 5.41) is 5.99. The Kier molecular flexibility index (Phi) is 3.76. The zero-order valence-electron chi connectivity index (χ0n) is 11.3. The zero-order chi connectivity index (χ0) is 13.1. The molecule has 3 rings (SSSR count). The van der Waals surface area contributed by atoms with Crippen LogP contribution in [0.15, 0.2) is 36.5 Å². The molecule has 1 saturated heterocycles. The lowest BCUT2D eigenvalue weighted by Gasteiger charge is -2.30. The van der Waals surface area contributed by atoms with Gasteiger partial charge < -0.3 is 10.1 Å². The predicted octanol–water partition coefficient (Wildman–Crippen LogP) is 2.92. The highest BCUT2D eigenvalue weighted by Gasteiger charge is 2.26. The van der Waals surface area contributed by atoms with E-state index in [1.165, 1.54) is 16.5 Å². The minimum Gasteiger partial charge on any atom is -0.381 e.